The number of aryl methyl sites for hydroxylation is 1. The van der Waals surface area contributed by atoms with E-state index in [4.69, 9.17) is 4.98 Å². The van der Waals surface area contributed by atoms with Gasteiger partial charge >= 0.3 is 0 Å². The number of hydrogen-bond donors (Lipinski definition) is 0. The molecule has 5 nitrogen and oxygen atoms in total. The third kappa shape index (κ3) is 3.08. The third-order valence-electron chi connectivity index (χ3n) is 5.87. The molecule has 0 unspecified atom stereocenters. The van der Waals surface area contributed by atoms with Crippen LogP contribution in [-0.4, -0.2) is 28.1 Å². The number of aromatic nitrogens is 1. The molecule has 0 aliphatic heterocycles. The zero-order chi connectivity index (χ0) is 22.1. The van der Waals surface area contributed by atoms with Crippen molar-refractivity contribution >= 4 is 44.7 Å². The summed E-state index contributed by atoms with van der Waals surface area (Å²) in [7, 11) is 0. The molecule has 154 valence electrons. The van der Waals surface area contributed by atoms with E-state index in [0.29, 0.717) is 11.1 Å². The second kappa shape index (κ2) is 6.39. The maximum Gasteiger partial charge on any atom is 0.181 e. The van der Waals surface area contributed by atoms with Gasteiger partial charge < -0.3 is 0 Å². The number of fused-ring (bicyclic) bond motifs is 1. The minimum Gasteiger partial charge on any atom is -0.297 e. The van der Waals surface area contributed by atoms with Gasteiger partial charge in [-0.25, -0.2) is 4.98 Å². The van der Waals surface area contributed by atoms with Crippen LogP contribution in [0.4, 0.5) is 0 Å². The summed E-state index contributed by atoms with van der Waals surface area (Å²) in [5, 5.41) is 0.956. The van der Waals surface area contributed by atoms with E-state index in [0.717, 1.165) is 15.2 Å². The van der Waals surface area contributed by atoms with Gasteiger partial charge in [-0.2, -0.15) is 0 Å². The maximum atomic E-state index is 13.4. The number of thiazole rings is 1. The normalized spacial score (nSPS) is 19.8. The lowest BCUT2D eigenvalue weighted by Gasteiger charge is -2.40. The number of rotatable bonds is 2. The first kappa shape index (κ1) is 21.5. The van der Waals surface area contributed by atoms with Crippen molar-refractivity contribution in [3.63, 3.8) is 0 Å². The smallest absolute Gasteiger partial charge is 0.181 e. The summed E-state index contributed by atoms with van der Waals surface area (Å²) in [6, 6.07) is 3.49. The van der Waals surface area contributed by atoms with Gasteiger partial charge in [-0.05, 0) is 52.3 Å². The lowest BCUT2D eigenvalue weighted by Crippen LogP contribution is -2.59. The van der Waals surface area contributed by atoms with E-state index >= 15 is 0 Å². The Balaban J connectivity index is 2.13. The Morgan fingerprint density at radius 1 is 1.00 bits per heavy atom. The molecule has 1 aliphatic rings. The van der Waals surface area contributed by atoms with Crippen LogP contribution in [0.5, 0.6) is 0 Å². The largest absolute Gasteiger partial charge is 0.297 e. The van der Waals surface area contributed by atoms with E-state index in [-0.39, 0.29) is 5.41 Å². The standard InChI is InChI=1S/C23H27NO4S/c1-11-12(9-10-13-15(11)24-20(29-13)21(2,3)4)16(25)14-17(26)22(5,6)19(28)23(7,8)18(14)27/h9-10,14H,1-8H3. The van der Waals surface area contributed by atoms with Crippen LogP contribution in [0.3, 0.4) is 0 Å². The molecule has 1 fully saturated rings. The molecule has 6 heteroatoms. The minimum atomic E-state index is -1.46. The highest BCUT2D eigenvalue weighted by Crippen LogP contribution is 2.42. The molecule has 0 N–H and O–H groups in total. The summed E-state index contributed by atoms with van der Waals surface area (Å²) in [4.78, 5) is 56.8. The number of hydrogen-bond acceptors (Lipinski definition) is 6. The fourth-order valence-corrected chi connectivity index (χ4v) is 5.04. The minimum absolute atomic E-state index is 0.121. The highest BCUT2D eigenvalue weighted by molar-refractivity contribution is 7.18. The van der Waals surface area contributed by atoms with Gasteiger partial charge in [0, 0.05) is 11.0 Å². The van der Waals surface area contributed by atoms with Crippen LogP contribution in [0, 0.1) is 23.7 Å². The molecule has 0 spiro atoms. The molecule has 1 heterocycles. The number of ketones is 4. The molecule has 0 saturated heterocycles. The number of carbonyl (C=O) groups excluding carboxylic acids is 4. The molecule has 1 aliphatic carbocycles. The summed E-state index contributed by atoms with van der Waals surface area (Å²) in [5.74, 6) is -3.69. The Kier molecular flexibility index (Phi) is 4.74. The first-order chi connectivity index (χ1) is 13.1. The van der Waals surface area contributed by atoms with Crippen molar-refractivity contribution in [3.8, 4) is 0 Å². The summed E-state index contributed by atoms with van der Waals surface area (Å²) in [6.07, 6.45) is 0. The molecule has 3 rings (SSSR count). The van der Waals surface area contributed by atoms with Crippen molar-refractivity contribution in [1.29, 1.82) is 0 Å². The van der Waals surface area contributed by atoms with Crippen molar-refractivity contribution in [3.05, 3.63) is 28.3 Å². The maximum absolute atomic E-state index is 13.4. The van der Waals surface area contributed by atoms with E-state index in [1.165, 1.54) is 27.7 Å². The van der Waals surface area contributed by atoms with Gasteiger partial charge in [-0.15, -0.1) is 11.3 Å². The molecule has 1 aromatic heterocycles. The number of Topliss-reactive ketones (excluding diaryl/α,β-unsaturated/α-hetero) is 4. The van der Waals surface area contributed by atoms with Crippen LogP contribution in [0.25, 0.3) is 10.2 Å². The highest BCUT2D eigenvalue weighted by atomic mass is 32.1. The average Bonchev–Trinajstić information content (AvgIpc) is 3.05. The zero-order valence-electron chi connectivity index (χ0n) is 18.2. The van der Waals surface area contributed by atoms with Crippen LogP contribution in [0.1, 0.15) is 69.4 Å². The number of nitrogens with zero attached hydrogens (tertiary/aromatic N) is 1. The van der Waals surface area contributed by atoms with E-state index in [1.54, 1.807) is 24.3 Å². The van der Waals surface area contributed by atoms with Gasteiger partial charge in [0.2, 0.25) is 0 Å². The van der Waals surface area contributed by atoms with Crippen LogP contribution >= 0.6 is 11.3 Å². The Bertz CT molecular complexity index is 1050. The van der Waals surface area contributed by atoms with Crippen molar-refractivity contribution in [1.82, 2.24) is 4.98 Å². The van der Waals surface area contributed by atoms with Crippen molar-refractivity contribution in [2.24, 2.45) is 16.7 Å². The van der Waals surface area contributed by atoms with Gasteiger partial charge in [-0.1, -0.05) is 20.8 Å². The van der Waals surface area contributed by atoms with Gasteiger partial charge in [0.15, 0.2) is 23.1 Å². The van der Waals surface area contributed by atoms with Crippen LogP contribution < -0.4 is 0 Å². The Hall–Kier alpha value is -2.21. The average molecular weight is 414 g/mol. The van der Waals surface area contributed by atoms with Gasteiger partial charge in [0.1, 0.15) is 5.92 Å². The Labute approximate surface area is 174 Å². The highest BCUT2D eigenvalue weighted by Gasteiger charge is 2.60. The monoisotopic (exact) mass is 413 g/mol. The molecule has 0 radical (unpaired) electrons. The van der Waals surface area contributed by atoms with Crippen molar-refractivity contribution in [2.75, 3.05) is 0 Å². The number of carbonyl (C=O) groups is 4. The molecule has 1 saturated carbocycles. The SMILES string of the molecule is Cc1c(C(=O)C2C(=O)C(C)(C)C(=O)C(C)(C)C2=O)ccc2sc(C(C)(C)C)nc12. The summed E-state index contributed by atoms with van der Waals surface area (Å²) in [5.41, 5.74) is -1.19. The topological polar surface area (TPSA) is 81.2 Å². The van der Waals surface area contributed by atoms with Crippen LogP contribution in [0.2, 0.25) is 0 Å². The lowest BCUT2D eigenvalue weighted by molar-refractivity contribution is -0.158. The zero-order valence-corrected chi connectivity index (χ0v) is 19.0. The molecule has 1 aromatic carbocycles. The van der Waals surface area contributed by atoms with Gasteiger partial charge in [-0.3, -0.25) is 19.2 Å². The second-order valence-corrected chi connectivity index (χ2v) is 11.0. The number of benzene rings is 1. The predicted octanol–water partition coefficient (Wildman–Crippen LogP) is 4.47. The first-order valence-electron chi connectivity index (χ1n) is 9.70. The molecular weight excluding hydrogens is 386 g/mol. The molecule has 0 atom stereocenters. The fourth-order valence-electron chi connectivity index (χ4n) is 3.95. The van der Waals surface area contributed by atoms with Crippen molar-refractivity contribution < 1.29 is 19.2 Å². The van der Waals surface area contributed by atoms with E-state index in [9.17, 15) is 19.2 Å². The summed E-state index contributed by atoms with van der Waals surface area (Å²) in [6.45, 7) is 14.0. The molecule has 2 aromatic rings. The Morgan fingerprint density at radius 2 is 1.52 bits per heavy atom. The lowest BCUT2D eigenvalue weighted by atomic mass is 9.57. The van der Waals surface area contributed by atoms with Gasteiger partial charge in [0.05, 0.1) is 26.1 Å². The molecule has 0 amide bonds. The molecular formula is C23H27NO4S. The predicted molar refractivity (Wildman–Crippen MR) is 113 cm³/mol. The van der Waals surface area contributed by atoms with Crippen LogP contribution in [-0.2, 0) is 19.8 Å². The van der Waals surface area contributed by atoms with Crippen LogP contribution in [0.15, 0.2) is 12.1 Å². The first-order valence-corrected chi connectivity index (χ1v) is 10.5. The molecule has 0 bridgehead atoms. The fraction of sp³-hybridized carbons (Fsp3) is 0.522. The van der Waals surface area contributed by atoms with Crippen molar-refractivity contribution in [2.45, 2.75) is 60.8 Å². The van der Waals surface area contributed by atoms with E-state index in [1.807, 2.05) is 6.07 Å². The third-order valence-corrected chi connectivity index (χ3v) is 7.32. The quantitative estimate of drug-likeness (QED) is 0.536. The van der Waals surface area contributed by atoms with Gasteiger partial charge in [0.25, 0.3) is 0 Å². The summed E-state index contributed by atoms with van der Waals surface area (Å²) < 4.78 is 0.959. The second-order valence-electron chi connectivity index (χ2n) is 9.96. The van der Waals surface area contributed by atoms with E-state index < -0.39 is 39.9 Å². The Morgan fingerprint density at radius 3 is 2.00 bits per heavy atom. The van der Waals surface area contributed by atoms with E-state index in [2.05, 4.69) is 20.8 Å². The molecule has 29 heavy (non-hydrogen) atoms. The summed E-state index contributed by atoms with van der Waals surface area (Å²) >= 11 is 1.57.